The van der Waals surface area contributed by atoms with Crippen LogP contribution in [0.2, 0.25) is 0 Å². The molecule has 12 heavy (non-hydrogen) atoms. The summed E-state index contributed by atoms with van der Waals surface area (Å²) < 4.78 is 0. The minimum absolute atomic E-state index is 0.801. The van der Waals surface area contributed by atoms with Crippen molar-refractivity contribution in [2.24, 2.45) is 0 Å². The van der Waals surface area contributed by atoms with E-state index in [-0.39, 0.29) is 0 Å². The molecule has 1 N–H and O–H groups in total. The lowest BCUT2D eigenvalue weighted by Gasteiger charge is -1.88. The Labute approximate surface area is 71.9 Å². The first-order valence-corrected chi connectivity index (χ1v) is 4.13. The maximum absolute atomic E-state index is 4.17. The van der Waals surface area contributed by atoms with E-state index in [9.17, 15) is 0 Å². The molecule has 0 atom stereocenters. The number of nitrogens with zero attached hydrogens (tertiary/aromatic N) is 2. The number of hydrogen-bond acceptors (Lipinski definition) is 2. The third kappa shape index (κ3) is 1.61. The van der Waals surface area contributed by atoms with Crippen LogP contribution in [-0.2, 0) is 0 Å². The summed E-state index contributed by atoms with van der Waals surface area (Å²) in [5, 5.41) is 1.06. The number of aryl methyl sites for hydroxylation is 1. The molecule has 0 radical (unpaired) electrons. The molecule has 0 aliphatic carbocycles. The van der Waals surface area contributed by atoms with Crippen LogP contribution in [0, 0.1) is 6.92 Å². The maximum atomic E-state index is 4.17. The normalized spacial score (nSPS) is 9.25. The predicted octanol–water partition coefficient (Wildman–Crippen LogP) is 2.29. The molecule has 0 unspecified atom stereocenters. The van der Waals surface area contributed by atoms with E-state index in [0.29, 0.717) is 0 Å². The minimum Gasteiger partial charge on any atom is -0.346 e. The number of H-pyrrole nitrogens is 1. The fraction of sp³-hybridized carbons (Fsp3) is 0.333. The van der Waals surface area contributed by atoms with Gasteiger partial charge in [-0.05, 0) is 13.0 Å². The van der Waals surface area contributed by atoms with Gasteiger partial charge >= 0.3 is 0 Å². The first kappa shape index (κ1) is 8.71. The fourth-order valence-electron chi connectivity index (χ4n) is 0.927. The summed E-state index contributed by atoms with van der Waals surface area (Å²) in [6, 6.07) is 1.95. The lowest BCUT2D eigenvalue weighted by Crippen LogP contribution is -1.85. The highest BCUT2D eigenvalue weighted by atomic mass is 14.9. The van der Waals surface area contributed by atoms with Gasteiger partial charge < -0.3 is 4.98 Å². The lowest BCUT2D eigenvalue weighted by atomic mass is 10.4. The van der Waals surface area contributed by atoms with E-state index in [4.69, 9.17) is 0 Å². The topological polar surface area (TPSA) is 41.6 Å². The molecule has 0 aromatic carbocycles. The van der Waals surface area contributed by atoms with Crippen molar-refractivity contribution in [3.8, 4) is 0 Å². The smallest absolute Gasteiger partial charge is 0.140 e. The second kappa shape index (κ2) is 3.85. The van der Waals surface area contributed by atoms with Gasteiger partial charge in [0.1, 0.15) is 11.5 Å². The summed E-state index contributed by atoms with van der Waals surface area (Å²) in [5.41, 5.74) is 0.910. The molecule has 64 valence electrons. The molecule has 2 heterocycles. The second-order valence-electron chi connectivity index (χ2n) is 2.20. The van der Waals surface area contributed by atoms with Crippen molar-refractivity contribution < 1.29 is 0 Å². The van der Waals surface area contributed by atoms with Crippen LogP contribution in [0.15, 0.2) is 18.5 Å². The van der Waals surface area contributed by atoms with Gasteiger partial charge in [-0.15, -0.1) is 0 Å². The molecule has 0 saturated carbocycles. The van der Waals surface area contributed by atoms with Crippen molar-refractivity contribution in [1.82, 2.24) is 15.0 Å². The van der Waals surface area contributed by atoms with Crippen LogP contribution in [0.1, 0.15) is 19.7 Å². The van der Waals surface area contributed by atoms with Crippen LogP contribution in [0.25, 0.3) is 11.0 Å². The van der Waals surface area contributed by atoms with Gasteiger partial charge in [-0.3, -0.25) is 0 Å². The van der Waals surface area contributed by atoms with E-state index < -0.39 is 0 Å². The van der Waals surface area contributed by atoms with E-state index in [1.807, 2.05) is 39.2 Å². The van der Waals surface area contributed by atoms with E-state index in [1.54, 1.807) is 0 Å². The summed E-state index contributed by atoms with van der Waals surface area (Å²) in [6.45, 7) is 5.88. The van der Waals surface area contributed by atoms with E-state index >= 15 is 0 Å². The van der Waals surface area contributed by atoms with Crippen LogP contribution in [0.4, 0.5) is 0 Å². The molecule has 0 fully saturated rings. The standard InChI is InChI=1S/C7H7N3.C2H6/c1-5-9-4-6-2-3-8-7(6)10-5;1-2/h2-4H,1H3,(H,8,9,10);1-2H3. The molecule has 3 nitrogen and oxygen atoms in total. The number of nitrogens with one attached hydrogen (secondary N) is 1. The molecule has 2 aromatic rings. The zero-order chi connectivity index (χ0) is 8.97. The van der Waals surface area contributed by atoms with Gasteiger partial charge in [0.2, 0.25) is 0 Å². The van der Waals surface area contributed by atoms with Gasteiger partial charge in [-0.1, -0.05) is 13.8 Å². The van der Waals surface area contributed by atoms with Gasteiger partial charge in [0.25, 0.3) is 0 Å². The Morgan fingerprint density at radius 3 is 2.83 bits per heavy atom. The zero-order valence-electron chi connectivity index (χ0n) is 7.63. The summed E-state index contributed by atoms with van der Waals surface area (Å²) >= 11 is 0. The molecule has 2 rings (SSSR count). The minimum atomic E-state index is 0.801. The molecule has 0 saturated heterocycles. The Hall–Kier alpha value is -1.38. The summed E-state index contributed by atoms with van der Waals surface area (Å²) in [6.07, 6.45) is 3.67. The van der Waals surface area contributed by atoms with Crippen LogP contribution in [0.5, 0.6) is 0 Å². The monoisotopic (exact) mass is 163 g/mol. The molecular formula is C9H13N3. The van der Waals surface area contributed by atoms with Crippen LogP contribution in [0.3, 0.4) is 0 Å². The van der Waals surface area contributed by atoms with Crippen LogP contribution >= 0.6 is 0 Å². The quantitative estimate of drug-likeness (QED) is 0.647. The van der Waals surface area contributed by atoms with E-state index in [2.05, 4.69) is 15.0 Å². The predicted molar refractivity (Wildman–Crippen MR) is 50.0 cm³/mol. The van der Waals surface area contributed by atoms with Gasteiger partial charge in [-0.25, -0.2) is 9.97 Å². The first-order valence-electron chi connectivity index (χ1n) is 4.13. The van der Waals surface area contributed by atoms with Crippen molar-refractivity contribution in [2.45, 2.75) is 20.8 Å². The van der Waals surface area contributed by atoms with Crippen molar-refractivity contribution >= 4 is 11.0 Å². The van der Waals surface area contributed by atoms with Crippen molar-refractivity contribution in [3.63, 3.8) is 0 Å². The van der Waals surface area contributed by atoms with Crippen molar-refractivity contribution in [1.29, 1.82) is 0 Å². The summed E-state index contributed by atoms with van der Waals surface area (Å²) in [5.74, 6) is 0.801. The van der Waals surface area contributed by atoms with E-state index in [1.165, 1.54) is 0 Å². The van der Waals surface area contributed by atoms with Crippen molar-refractivity contribution in [2.75, 3.05) is 0 Å². The molecule has 2 aromatic heterocycles. The fourth-order valence-corrected chi connectivity index (χ4v) is 0.927. The van der Waals surface area contributed by atoms with Gasteiger partial charge in [0, 0.05) is 17.8 Å². The highest BCUT2D eigenvalue weighted by molar-refractivity contribution is 5.73. The molecule has 0 amide bonds. The molecule has 0 spiro atoms. The Bertz CT molecular complexity index is 351. The Balaban J connectivity index is 0.000000336. The average Bonchev–Trinajstić information content (AvgIpc) is 2.54. The lowest BCUT2D eigenvalue weighted by molar-refractivity contribution is 1.08. The average molecular weight is 163 g/mol. The van der Waals surface area contributed by atoms with E-state index in [0.717, 1.165) is 16.9 Å². The Kier molecular flexibility index (Phi) is 2.80. The van der Waals surface area contributed by atoms with Gasteiger partial charge in [0.05, 0.1) is 0 Å². The number of aromatic nitrogens is 3. The maximum Gasteiger partial charge on any atom is 0.140 e. The Morgan fingerprint density at radius 1 is 1.33 bits per heavy atom. The molecule has 0 bridgehead atoms. The largest absolute Gasteiger partial charge is 0.346 e. The van der Waals surface area contributed by atoms with Gasteiger partial charge in [0.15, 0.2) is 0 Å². The highest BCUT2D eigenvalue weighted by Gasteiger charge is 1.93. The summed E-state index contributed by atoms with van der Waals surface area (Å²) in [4.78, 5) is 11.2. The number of rotatable bonds is 0. The number of fused-ring (bicyclic) bond motifs is 1. The number of aromatic amines is 1. The first-order chi connectivity index (χ1) is 5.86. The SMILES string of the molecule is CC.Cc1ncc2cc[nH]c2n1. The van der Waals surface area contributed by atoms with Crippen LogP contribution < -0.4 is 0 Å². The molecule has 0 aliphatic heterocycles. The molecule has 0 aliphatic rings. The number of hydrogen-bond donors (Lipinski definition) is 1. The third-order valence-electron chi connectivity index (χ3n) is 1.42. The third-order valence-corrected chi connectivity index (χ3v) is 1.42. The van der Waals surface area contributed by atoms with Crippen molar-refractivity contribution in [3.05, 3.63) is 24.3 Å². The second-order valence-corrected chi connectivity index (χ2v) is 2.20. The van der Waals surface area contributed by atoms with Gasteiger partial charge in [-0.2, -0.15) is 0 Å². The molecule has 3 heteroatoms. The van der Waals surface area contributed by atoms with Crippen LogP contribution in [-0.4, -0.2) is 15.0 Å². The Morgan fingerprint density at radius 2 is 2.08 bits per heavy atom. The highest BCUT2D eigenvalue weighted by Crippen LogP contribution is 2.06. The molecular weight excluding hydrogens is 150 g/mol. The summed E-state index contributed by atoms with van der Waals surface area (Å²) in [7, 11) is 0. The zero-order valence-corrected chi connectivity index (χ0v) is 7.63.